The Kier molecular flexibility index (Phi) is 3.47. The SMILES string of the molecule is CCn1cncc1COc1cccc(Cl)c1. The second-order valence-corrected chi connectivity index (χ2v) is 3.85. The van der Waals surface area contributed by atoms with Gasteiger partial charge in [0.2, 0.25) is 0 Å². The zero-order chi connectivity index (χ0) is 11.4. The molecule has 4 heteroatoms. The van der Waals surface area contributed by atoms with Crippen molar-refractivity contribution < 1.29 is 4.74 Å². The topological polar surface area (TPSA) is 27.1 Å². The molecule has 0 amide bonds. The first-order valence-corrected chi connectivity index (χ1v) is 5.54. The van der Waals surface area contributed by atoms with Crippen molar-refractivity contribution in [3.63, 3.8) is 0 Å². The number of hydrogen-bond donors (Lipinski definition) is 0. The van der Waals surface area contributed by atoms with Gasteiger partial charge in [0, 0.05) is 11.6 Å². The molecule has 3 nitrogen and oxygen atoms in total. The van der Waals surface area contributed by atoms with E-state index >= 15 is 0 Å². The molecule has 0 N–H and O–H groups in total. The smallest absolute Gasteiger partial charge is 0.130 e. The molecule has 16 heavy (non-hydrogen) atoms. The molecule has 0 saturated carbocycles. The van der Waals surface area contributed by atoms with E-state index in [4.69, 9.17) is 16.3 Å². The predicted octanol–water partition coefficient (Wildman–Crippen LogP) is 3.14. The number of imidazole rings is 1. The molecular weight excluding hydrogens is 224 g/mol. The van der Waals surface area contributed by atoms with E-state index < -0.39 is 0 Å². The molecule has 1 aromatic heterocycles. The highest BCUT2D eigenvalue weighted by atomic mass is 35.5. The summed E-state index contributed by atoms with van der Waals surface area (Å²) in [7, 11) is 0. The van der Waals surface area contributed by atoms with Crippen LogP contribution in [0.4, 0.5) is 0 Å². The van der Waals surface area contributed by atoms with Crippen LogP contribution in [0.3, 0.4) is 0 Å². The molecule has 0 bridgehead atoms. The number of halogens is 1. The summed E-state index contributed by atoms with van der Waals surface area (Å²) in [6.45, 7) is 3.48. The molecule has 0 saturated heterocycles. The Morgan fingerprint density at radius 2 is 2.31 bits per heavy atom. The molecule has 0 spiro atoms. The van der Waals surface area contributed by atoms with Crippen LogP contribution in [0.5, 0.6) is 5.75 Å². The van der Waals surface area contributed by atoms with Crippen LogP contribution in [0.15, 0.2) is 36.8 Å². The van der Waals surface area contributed by atoms with Gasteiger partial charge in [-0.25, -0.2) is 4.98 Å². The molecule has 0 aliphatic carbocycles. The van der Waals surface area contributed by atoms with Gasteiger partial charge >= 0.3 is 0 Å². The highest BCUT2D eigenvalue weighted by molar-refractivity contribution is 6.30. The number of ether oxygens (including phenoxy) is 1. The molecule has 0 atom stereocenters. The van der Waals surface area contributed by atoms with Crippen LogP contribution in [0.2, 0.25) is 5.02 Å². The lowest BCUT2D eigenvalue weighted by Gasteiger charge is -2.07. The Morgan fingerprint density at radius 1 is 1.44 bits per heavy atom. The maximum Gasteiger partial charge on any atom is 0.130 e. The van der Waals surface area contributed by atoms with E-state index in [9.17, 15) is 0 Å². The predicted molar refractivity (Wildman–Crippen MR) is 63.7 cm³/mol. The summed E-state index contributed by atoms with van der Waals surface area (Å²) < 4.78 is 7.67. The van der Waals surface area contributed by atoms with Crippen molar-refractivity contribution >= 4 is 11.6 Å². The van der Waals surface area contributed by atoms with Gasteiger partial charge in [0.1, 0.15) is 12.4 Å². The lowest BCUT2D eigenvalue weighted by atomic mass is 10.3. The minimum Gasteiger partial charge on any atom is -0.487 e. The molecule has 2 aromatic rings. The summed E-state index contributed by atoms with van der Waals surface area (Å²) in [6.07, 6.45) is 3.62. The first-order chi connectivity index (χ1) is 7.79. The molecule has 0 fully saturated rings. The van der Waals surface area contributed by atoms with Crippen LogP contribution in [0.1, 0.15) is 12.6 Å². The van der Waals surface area contributed by atoms with Crippen molar-refractivity contribution in [1.29, 1.82) is 0 Å². The Morgan fingerprint density at radius 3 is 3.06 bits per heavy atom. The number of aromatic nitrogens is 2. The van der Waals surface area contributed by atoms with Crippen LogP contribution < -0.4 is 4.74 Å². The van der Waals surface area contributed by atoms with Crippen LogP contribution in [-0.2, 0) is 13.2 Å². The molecule has 1 aromatic carbocycles. The fraction of sp³-hybridized carbons (Fsp3) is 0.250. The van der Waals surface area contributed by atoms with E-state index in [1.54, 1.807) is 12.4 Å². The average Bonchev–Trinajstić information content (AvgIpc) is 2.74. The van der Waals surface area contributed by atoms with Gasteiger partial charge < -0.3 is 9.30 Å². The summed E-state index contributed by atoms with van der Waals surface area (Å²) in [5.74, 6) is 0.774. The highest BCUT2D eigenvalue weighted by Crippen LogP contribution is 2.18. The Bertz CT molecular complexity index is 468. The van der Waals surface area contributed by atoms with Gasteiger partial charge in [-0.2, -0.15) is 0 Å². The van der Waals surface area contributed by atoms with Crippen LogP contribution in [0.25, 0.3) is 0 Å². The van der Waals surface area contributed by atoms with Crippen molar-refractivity contribution in [2.45, 2.75) is 20.1 Å². The summed E-state index contributed by atoms with van der Waals surface area (Å²) in [5, 5.41) is 0.682. The lowest BCUT2D eigenvalue weighted by molar-refractivity contribution is 0.295. The third-order valence-electron chi connectivity index (χ3n) is 2.32. The standard InChI is InChI=1S/C12H13ClN2O/c1-2-15-9-14-7-11(15)8-16-12-5-3-4-10(13)6-12/h3-7,9H,2,8H2,1H3. The Balaban J connectivity index is 2.02. The maximum atomic E-state index is 5.87. The van der Waals surface area contributed by atoms with E-state index in [0.717, 1.165) is 18.0 Å². The number of nitrogens with zero attached hydrogens (tertiary/aromatic N) is 2. The Labute approximate surface area is 99.6 Å². The fourth-order valence-corrected chi connectivity index (χ4v) is 1.65. The molecule has 0 radical (unpaired) electrons. The largest absolute Gasteiger partial charge is 0.487 e. The van der Waals surface area contributed by atoms with Crippen LogP contribution >= 0.6 is 11.6 Å². The van der Waals surface area contributed by atoms with Crippen molar-refractivity contribution in [3.8, 4) is 5.75 Å². The molecule has 1 heterocycles. The highest BCUT2D eigenvalue weighted by Gasteiger charge is 2.01. The van der Waals surface area contributed by atoms with Gasteiger partial charge in [0.05, 0.1) is 18.2 Å². The molecule has 2 rings (SSSR count). The maximum absolute atomic E-state index is 5.87. The zero-order valence-electron chi connectivity index (χ0n) is 9.06. The van der Waals surface area contributed by atoms with E-state index in [2.05, 4.69) is 11.9 Å². The van der Waals surface area contributed by atoms with Crippen molar-refractivity contribution in [3.05, 3.63) is 47.5 Å². The normalized spacial score (nSPS) is 10.4. The first-order valence-electron chi connectivity index (χ1n) is 5.17. The summed E-state index contributed by atoms with van der Waals surface area (Å²) in [6, 6.07) is 7.38. The van der Waals surface area contributed by atoms with E-state index in [0.29, 0.717) is 11.6 Å². The third kappa shape index (κ3) is 2.55. The first kappa shape index (κ1) is 11.0. The molecule has 84 valence electrons. The number of rotatable bonds is 4. The lowest BCUT2D eigenvalue weighted by Crippen LogP contribution is -2.03. The quantitative estimate of drug-likeness (QED) is 0.816. The van der Waals surface area contributed by atoms with Crippen molar-refractivity contribution in [2.75, 3.05) is 0 Å². The van der Waals surface area contributed by atoms with Gasteiger partial charge in [-0.15, -0.1) is 0 Å². The van der Waals surface area contributed by atoms with Crippen molar-refractivity contribution in [1.82, 2.24) is 9.55 Å². The number of aryl methyl sites for hydroxylation is 1. The Hall–Kier alpha value is -1.48. The van der Waals surface area contributed by atoms with E-state index in [1.165, 1.54) is 0 Å². The minimum absolute atomic E-state index is 0.508. The average molecular weight is 237 g/mol. The van der Waals surface area contributed by atoms with Gasteiger partial charge in [0.15, 0.2) is 0 Å². The van der Waals surface area contributed by atoms with Gasteiger partial charge in [0.25, 0.3) is 0 Å². The molecular formula is C12H13ClN2O. The van der Waals surface area contributed by atoms with Crippen LogP contribution in [-0.4, -0.2) is 9.55 Å². The van der Waals surface area contributed by atoms with Gasteiger partial charge in [-0.3, -0.25) is 0 Å². The number of hydrogen-bond acceptors (Lipinski definition) is 2. The van der Waals surface area contributed by atoms with E-state index in [1.807, 2.05) is 29.0 Å². The molecule has 0 aliphatic rings. The van der Waals surface area contributed by atoms with Gasteiger partial charge in [-0.05, 0) is 25.1 Å². The molecule has 0 aliphatic heterocycles. The van der Waals surface area contributed by atoms with E-state index in [-0.39, 0.29) is 0 Å². The zero-order valence-corrected chi connectivity index (χ0v) is 9.81. The monoisotopic (exact) mass is 236 g/mol. The molecule has 0 unspecified atom stereocenters. The second-order valence-electron chi connectivity index (χ2n) is 3.42. The minimum atomic E-state index is 0.508. The summed E-state index contributed by atoms with van der Waals surface area (Å²) in [5.41, 5.74) is 1.06. The van der Waals surface area contributed by atoms with Crippen molar-refractivity contribution in [2.24, 2.45) is 0 Å². The fourth-order valence-electron chi connectivity index (χ4n) is 1.47. The third-order valence-corrected chi connectivity index (χ3v) is 2.56. The second kappa shape index (κ2) is 5.03. The van der Waals surface area contributed by atoms with Crippen LogP contribution in [0, 0.1) is 0 Å². The summed E-state index contributed by atoms with van der Waals surface area (Å²) in [4.78, 5) is 4.08. The summed E-state index contributed by atoms with van der Waals surface area (Å²) >= 11 is 5.87. The van der Waals surface area contributed by atoms with Gasteiger partial charge in [-0.1, -0.05) is 17.7 Å². The number of benzene rings is 1.